The van der Waals surface area contributed by atoms with E-state index in [2.05, 4.69) is 5.32 Å². The first-order valence-electron chi connectivity index (χ1n) is 12.8. The molecule has 0 bridgehead atoms. The molecule has 1 amide bonds. The molecule has 0 aliphatic carbocycles. The number of rotatable bonds is 9. The molecule has 1 aliphatic heterocycles. The molecule has 216 valence electrons. The molecule has 0 aromatic heterocycles. The van der Waals surface area contributed by atoms with Gasteiger partial charge in [0.1, 0.15) is 28.8 Å². The average Bonchev–Trinajstić information content (AvgIpc) is 2.97. The van der Waals surface area contributed by atoms with E-state index in [9.17, 15) is 19.1 Å². The third-order valence-electron chi connectivity index (χ3n) is 6.66. The Hall–Kier alpha value is -2.98. The number of carboxylic acid groups (broad SMARTS) is 1. The molecule has 0 saturated carbocycles. The van der Waals surface area contributed by atoms with Gasteiger partial charge in [0.25, 0.3) is 5.91 Å². The molecular weight excluding hydrogens is 631 g/mol. The van der Waals surface area contributed by atoms with Crippen LogP contribution in [0.2, 0.25) is 15.1 Å². The van der Waals surface area contributed by atoms with Gasteiger partial charge in [0.2, 0.25) is 0 Å². The van der Waals surface area contributed by atoms with Gasteiger partial charge in [-0.15, -0.1) is 0 Å². The predicted octanol–water partition coefficient (Wildman–Crippen LogP) is 3.36. The van der Waals surface area contributed by atoms with Crippen molar-refractivity contribution in [3.63, 3.8) is 0 Å². The molecule has 5 rings (SSSR count). The average molecular weight is 653 g/mol. The van der Waals surface area contributed by atoms with Gasteiger partial charge in [-0.1, -0.05) is 53.0 Å². The molecule has 7 nitrogen and oxygen atoms in total. The van der Waals surface area contributed by atoms with E-state index in [4.69, 9.17) is 49.0 Å². The molecule has 0 spiro atoms. The topological polar surface area (TPSA) is 96.9 Å². The second-order valence-electron chi connectivity index (χ2n) is 9.39. The Bertz CT molecular complexity index is 1670. The molecule has 4 aromatic rings. The van der Waals surface area contributed by atoms with E-state index in [1.165, 1.54) is 36.4 Å². The number of amides is 1. The Morgan fingerprint density at radius 2 is 1.70 bits per heavy atom. The van der Waals surface area contributed by atoms with Crippen molar-refractivity contribution >= 4 is 46.7 Å². The SMILES string of the molecule is O=C(NCCc1cc(F)ccc1Oc1ccc(Cl)c(Cl)c1)c1ccc(OC2(C(=O)[O-])CCOc3ccccc32)c(Cl)c1.[Na+]. The standard InChI is InChI=1S/C31H23Cl3FNO6.Na/c32-23-8-7-21(17-24(23)33)41-26-10-6-20(35)15-18(26)11-13-36-29(37)19-5-9-28(25(34)16-19)42-31(30(38)39)12-14-40-27-4-2-1-3-22(27)31;/h1-10,15-17H,11-14H2,(H,36,37)(H,38,39);/q;+1/p-1. The van der Waals surface area contributed by atoms with E-state index in [0.29, 0.717) is 38.4 Å². The third kappa shape index (κ3) is 7.40. The van der Waals surface area contributed by atoms with Gasteiger partial charge < -0.3 is 29.4 Å². The predicted molar refractivity (Wildman–Crippen MR) is 154 cm³/mol. The molecule has 0 radical (unpaired) electrons. The Balaban J connectivity index is 0.00000423. The Morgan fingerprint density at radius 1 is 0.930 bits per heavy atom. The quantitative estimate of drug-likeness (QED) is 0.279. The number of nitrogens with one attached hydrogen (secondary N) is 1. The Morgan fingerprint density at radius 3 is 2.44 bits per heavy atom. The van der Waals surface area contributed by atoms with Crippen molar-refractivity contribution in [2.75, 3.05) is 13.2 Å². The fourth-order valence-electron chi connectivity index (χ4n) is 4.56. The van der Waals surface area contributed by atoms with E-state index in [-0.39, 0.29) is 71.9 Å². The van der Waals surface area contributed by atoms with Crippen molar-refractivity contribution in [3.05, 3.63) is 116 Å². The van der Waals surface area contributed by atoms with Crippen molar-refractivity contribution in [2.45, 2.75) is 18.4 Å². The molecule has 0 saturated heterocycles. The molecule has 1 unspecified atom stereocenters. The summed E-state index contributed by atoms with van der Waals surface area (Å²) in [4.78, 5) is 25.2. The van der Waals surface area contributed by atoms with Crippen LogP contribution in [0.3, 0.4) is 0 Å². The van der Waals surface area contributed by atoms with Gasteiger partial charge in [-0.2, -0.15) is 0 Å². The largest absolute Gasteiger partial charge is 1.00 e. The molecule has 1 atom stereocenters. The first-order valence-corrected chi connectivity index (χ1v) is 13.9. The first-order chi connectivity index (χ1) is 20.2. The minimum Gasteiger partial charge on any atom is -0.545 e. The summed E-state index contributed by atoms with van der Waals surface area (Å²) in [6.45, 7) is 0.259. The summed E-state index contributed by atoms with van der Waals surface area (Å²) in [7, 11) is 0. The summed E-state index contributed by atoms with van der Waals surface area (Å²) in [6.07, 6.45) is 0.256. The maximum absolute atomic E-state index is 14.0. The van der Waals surface area contributed by atoms with Crippen LogP contribution in [0.4, 0.5) is 4.39 Å². The van der Waals surface area contributed by atoms with Gasteiger partial charge in [-0.05, 0) is 66.6 Å². The number of hydrogen-bond donors (Lipinski definition) is 1. The number of benzene rings is 4. The smallest absolute Gasteiger partial charge is 0.545 e. The molecule has 12 heteroatoms. The number of carboxylic acids is 1. The number of carbonyl (C=O) groups is 2. The maximum atomic E-state index is 14.0. The van der Waals surface area contributed by atoms with Crippen LogP contribution in [0.1, 0.15) is 27.9 Å². The van der Waals surface area contributed by atoms with Crippen LogP contribution in [0.15, 0.2) is 78.9 Å². The van der Waals surface area contributed by atoms with Gasteiger partial charge >= 0.3 is 29.6 Å². The van der Waals surface area contributed by atoms with Crippen LogP contribution in [-0.4, -0.2) is 25.0 Å². The number of aliphatic carboxylic acids is 1. The maximum Gasteiger partial charge on any atom is 1.00 e. The van der Waals surface area contributed by atoms with Crippen LogP contribution in [0, 0.1) is 5.82 Å². The summed E-state index contributed by atoms with van der Waals surface area (Å²) in [5.41, 5.74) is -0.764. The molecule has 1 aliphatic rings. The van der Waals surface area contributed by atoms with E-state index in [1.54, 1.807) is 42.5 Å². The monoisotopic (exact) mass is 651 g/mol. The zero-order valence-electron chi connectivity index (χ0n) is 22.8. The van der Waals surface area contributed by atoms with Crippen LogP contribution in [0.5, 0.6) is 23.0 Å². The van der Waals surface area contributed by atoms with E-state index in [1.807, 2.05) is 0 Å². The molecule has 1 N–H and O–H groups in total. The summed E-state index contributed by atoms with van der Waals surface area (Å²) < 4.78 is 31.4. The zero-order chi connectivity index (χ0) is 29.9. The molecule has 1 heterocycles. The van der Waals surface area contributed by atoms with Gasteiger partial charge in [0.15, 0.2) is 5.60 Å². The summed E-state index contributed by atoms with van der Waals surface area (Å²) in [6, 6.07) is 19.8. The van der Waals surface area contributed by atoms with Crippen LogP contribution in [-0.2, 0) is 16.8 Å². The third-order valence-corrected chi connectivity index (χ3v) is 7.70. The van der Waals surface area contributed by atoms with Gasteiger partial charge in [-0.25, -0.2) is 4.39 Å². The molecule has 43 heavy (non-hydrogen) atoms. The van der Waals surface area contributed by atoms with E-state index < -0.39 is 23.3 Å². The second-order valence-corrected chi connectivity index (χ2v) is 10.6. The minimum atomic E-state index is -1.82. The normalized spacial score (nSPS) is 15.3. The summed E-state index contributed by atoms with van der Waals surface area (Å²) in [5, 5.41) is 15.8. The van der Waals surface area contributed by atoms with Crippen molar-refractivity contribution in [3.8, 4) is 23.0 Å². The van der Waals surface area contributed by atoms with Crippen molar-refractivity contribution in [2.24, 2.45) is 0 Å². The number of carbonyl (C=O) groups excluding carboxylic acids is 2. The Labute approximate surface area is 284 Å². The van der Waals surface area contributed by atoms with Gasteiger partial charge in [-0.3, -0.25) is 4.79 Å². The number of halogens is 4. The number of hydrogen-bond acceptors (Lipinski definition) is 6. The summed E-state index contributed by atoms with van der Waals surface area (Å²) in [5.74, 6) is -1.08. The summed E-state index contributed by atoms with van der Waals surface area (Å²) >= 11 is 18.4. The molecule has 4 aromatic carbocycles. The fourth-order valence-corrected chi connectivity index (χ4v) is 5.07. The number of fused-ring (bicyclic) bond motifs is 1. The zero-order valence-corrected chi connectivity index (χ0v) is 27.1. The Kier molecular flexibility index (Phi) is 10.9. The fraction of sp³-hybridized carbons (Fsp3) is 0.161. The van der Waals surface area contributed by atoms with E-state index in [0.717, 1.165) is 0 Å². The van der Waals surface area contributed by atoms with Crippen LogP contribution < -0.4 is 54.2 Å². The number of para-hydroxylation sites is 1. The van der Waals surface area contributed by atoms with Crippen molar-refractivity contribution < 1.29 is 62.9 Å². The number of ether oxygens (including phenoxy) is 3. The first kappa shape index (κ1) is 32.9. The molecule has 0 fully saturated rings. The molecular formula is C31H22Cl3FNNaO6. The van der Waals surface area contributed by atoms with Gasteiger partial charge in [0, 0.05) is 30.2 Å². The van der Waals surface area contributed by atoms with E-state index >= 15 is 0 Å². The van der Waals surface area contributed by atoms with Crippen LogP contribution in [0.25, 0.3) is 0 Å². The van der Waals surface area contributed by atoms with Crippen LogP contribution >= 0.6 is 34.8 Å². The van der Waals surface area contributed by atoms with Gasteiger partial charge in [0.05, 0.1) is 27.6 Å². The van der Waals surface area contributed by atoms with Crippen molar-refractivity contribution in [1.82, 2.24) is 5.32 Å². The second kappa shape index (κ2) is 14.2. The minimum absolute atomic E-state index is 0. The van der Waals surface area contributed by atoms with Crippen molar-refractivity contribution in [1.29, 1.82) is 0 Å².